The second kappa shape index (κ2) is 5.38. The normalized spacial score (nSPS) is 38.4. The number of nitrogens with two attached hydrogens (primary N) is 1. The average molecular weight is 282 g/mol. The Bertz CT molecular complexity index is 441. The van der Waals surface area contributed by atoms with Gasteiger partial charge in [0.25, 0.3) is 0 Å². The van der Waals surface area contributed by atoms with E-state index in [0.29, 0.717) is 13.2 Å². The number of nitrogens with zero attached hydrogens (tertiary/aromatic N) is 1. The first-order valence-electron chi connectivity index (χ1n) is 6.46. The summed E-state index contributed by atoms with van der Waals surface area (Å²) in [6, 6.07) is 0. The van der Waals surface area contributed by atoms with Gasteiger partial charge in [-0.2, -0.15) is 0 Å². The summed E-state index contributed by atoms with van der Waals surface area (Å²) < 4.78 is 5.87. The van der Waals surface area contributed by atoms with Crippen LogP contribution in [-0.2, 0) is 14.5 Å². The number of fused-ring (bicyclic) bond motifs is 1. The molecule has 0 aromatic heterocycles. The highest BCUT2D eigenvalue weighted by atomic mass is 32.2. The van der Waals surface area contributed by atoms with Gasteiger partial charge in [-0.1, -0.05) is 17.8 Å². The van der Waals surface area contributed by atoms with Gasteiger partial charge in [0.1, 0.15) is 11.1 Å². The van der Waals surface area contributed by atoms with Gasteiger partial charge in [0.05, 0.1) is 18.9 Å². The highest BCUT2D eigenvalue weighted by Gasteiger charge is 2.47. The third kappa shape index (κ3) is 2.28. The summed E-state index contributed by atoms with van der Waals surface area (Å²) in [6.07, 6.45) is 8.06. The number of aliphatic imine (C=N–C) groups is 1. The van der Waals surface area contributed by atoms with Crippen LogP contribution in [0, 0.1) is 5.92 Å². The van der Waals surface area contributed by atoms with E-state index in [9.17, 15) is 0 Å². The Labute approximate surface area is 116 Å². The first kappa shape index (κ1) is 13.3. The van der Waals surface area contributed by atoms with Crippen molar-refractivity contribution in [2.24, 2.45) is 16.6 Å². The smallest absolute Gasteiger partial charge is 0.149 e. The van der Waals surface area contributed by atoms with Gasteiger partial charge < -0.3 is 10.5 Å². The molecule has 2 heterocycles. The molecule has 2 N–H and O–H groups in total. The van der Waals surface area contributed by atoms with Crippen molar-refractivity contribution >= 4 is 17.5 Å². The highest BCUT2D eigenvalue weighted by molar-refractivity contribution is 8.05. The fourth-order valence-electron chi connectivity index (χ4n) is 2.83. The lowest BCUT2D eigenvalue weighted by Gasteiger charge is -2.38. The second-order valence-corrected chi connectivity index (χ2v) is 5.98. The van der Waals surface area contributed by atoms with Gasteiger partial charge in [-0.25, -0.2) is 9.78 Å². The zero-order valence-electron chi connectivity index (χ0n) is 10.9. The molecule has 3 rings (SSSR count). The first-order valence-corrected chi connectivity index (χ1v) is 7.34. The van der Waals surface area contributed by atoms with E-state index in [1.807, 2.05) is 12.2 Å². The molecule has 0 bridgehead atoms. The Morgan fingerprint density at radius 2 is 2.42 bits per heavy atom. The van der Waals surface area contributed by atoms with Gasteiger partial charge >= 0.3 is 0 Å². The fourth-order valence-corrected chi connectivity index (χ4v) is 3.73. The summed E-state index contributed by atoms with van der Waals surface area (Å²) in [5.74, 6) is 0.185. The molecule has 0 spiro atoms. The zero-order valence-corrected chi connectivity index (χ0v) is 11.7. The van der Waals surface area contributed by atoms with E-state index in [1.165, 1.54) is 0 Å². The van der Waals surface area contributed by atoms with Crippen molar-refractivity contribution in [3.05, 3.63) is 23.1 Å². The lowest BCUT2D eigenvalue weighted by Crippen LogP contribution is -2.48. The minimum absolute atomic E-state index is 0.185. The number of hydrogen-bond acceptors (Lipinski definition) is 6. The van der Waals surface area contributed by atoms with Gasteiger partial charge in [-0.05, 0) is 25.0 Å². The van der Waals surface area contributed by atoms with Crippen molar-refractivity contribution in [1.29, 1.82) is 0 Å². The van der Waals surface area contributed by atoms with E-state index >= 15 is 0 Å². The SMILES string of the molecule is COC1(C2CCCOOC2)C=CC=C2SC(N)N=C21. The summed E-state index contributed by atoms with van der Waals surface area (Å²) in [6.45, 7) is 1.13. The van der Waals surface area contributed by atoms with Crippen LogP contribution in [-0.4, -0.2) is 37.1 Å². The maximum absolute atomic E-state index is 5.93. The molecule has 0 saturated carbocycles. The minimum Gasteiger partial charge on any atom is -0.367 e. The predicted octanol–water partition coefficient (Wildman–Crippen LogP) is 1.61. The maximum atomic E-state index is 5.93. The van der Waals surface area contributed by atoms with E-state index in [2.05, 4.69) is 11.1 Å². The molecule has 0 aromatic carbocycles. The van der Waals surface area contributed by atoms with Crippen molar-refractivity contribution in [2.75, 3.05) is 20.3 Å². The molecule has 2 aliphatic heterocycles. The number of rotatable bonds is 2. The average Bonchev–Trinajstić information content (AvgIpc) is 2.65. The van der Waals surface area contributed by atoms with Crippen molar-refractivity contribution in [3.8, 4) is 0 Å². The van der Waals surface area contributed by atoms with Crippen LogP contribution < -0.4 is 5.73 Å². The molecular weight excluding hydrogens is 264 g/mol. The van der Waals surface area contributed by atoms with E-state index in [1.54, 1.807) is 18.9 Å². The molecule has 3 aliphatic rings. The third-order valence-corrected chi connectivity index (χ3v) is 4.71. The molecule has 0 aromatic rings. The molecule has 104 valence electrons. The van der Waals surface area contributed by atoms with Crippen LogP contribution in [0.5, 0.6) is 0 Å². The number of thioether (sulfide) groups is 1. The second-order valence-electron chi connectivity index (χ2n) is 4.82. The van der Waals surface area contributed by atoms with Gasteiger partial charge in [0.2, 0.25) is 0 Å². The zero-order chi connectivity index (χ0) is 13.3. The lowest BCUT2D eigenvalue weighted by molar-refractivity contribution is -0.295. The van der Waals surface area contributed by atoms with E-state index in [-0.39, 0.29) is 11.4 Å². The highest BCUT2D eigenvalue weighted by Crippen LogP contribution is 2.42. The van der Waals surface area contributed by atoms with Crippen LogP contribution in [0.4, 0.5) is 0 Å². The molecule has 19 heavy (non-hydrogen) atoms. The summed E-state index contributed by atoms with van der Waals surface area (Å²) in [7, 11) is 1.72. The van der Waals surface area contributed by atoms with Crippen LogP contribution >= 0.6 is 11.8 Å². The number of hydrogen-bond donors (Lipinski definition) is 1. The predicted molar refractivity (Wildman–Crippen MR) is 74.6 cm³/mol. The summed E-state index contributed by atoms with van der Waals surface area (Å²) in [5.41, 5.74) is 6.08. The maximum Gasteiger partial charge on any atom is 0.149 e. The molecule has 3 unspecified atom stereocenters. The summed E-state index contributed by atoms with van der Waals surface area (Å²) >= 11 is 1.57. The fraction of sp³-hybridized carbons (Fsp3) is 0.615. The first-order chi connectivity index (χ1) is 9.26. The molecule has 1 fully saturated rings. The number of ether oxygens (including phenoxy) is 1. The van der Waals surface area contributed by atoms with E-state index < -0.39 is 5.60 Å². The topological polar surface area (TPSA) is 66.1 Å². The Morgan fingerprint density at radius 1 is 1.53 bits per heavy atom. The monoisotopic (exact) mass is 282 g/mol. The third-order valence-electron chi connectivity index (χ3n) is 3.78. The molecule has 5 nitrogen and oxygen atoms in total. The van der Waals surface area contributed by atoms with E-state index in [4.69, 9.17) is 20.2 Å². The summed E-state index contributed by atoms with van der Waals surface area (Å²) in [4.78, 5) is 16.0. The molecule has 1 aliphatic carbocycles. The Kier molecular flexibility index (Phi) is 3.77. The molecule has 1 saturated heterocycles. The quantitative estimate of drug-likeness (QED) is 0.780. The lowest BCUT2D eigenvalue weighted by atomic mass is 9.78. The Hall–Kier alpha value is -0.660. The Morgan fingerprint density at radius 3 is 3.26 bits per heavy atom. The van der Waals surface area contributed by atoms with Crippen LogP contribution in [0.1, 0.15) is 12.8 Å². The van der Waals surface area contributed by atoms with Gasteiger partial charge in [0.15, 0.2) is 0 Å². The van der Waals surface area contributed by atoms with Crippen molar-refractivity contribution in [1.82, 2.24) is 0 Å². The van der Waals surface area contributed by atoms with Crippen LogP contribution in [0.25, 0.3) is 0 Å². The molecular formula is C13H18N2O3S. The van der Waals surface area contributed by atoms with Crippen molar-refractivity contribution < 1.29 is 14.5 Å². The molecule has 3 atom stereocenters. The van der Waals surface area contributed by atoms with Gasteiger partial charge in [-0.15, -0.1) is 0 Å². The number of allylic oxidation sites excluding steroid dienone is 2. The van der Waals surface area contributed by atoms with E-state index in [0.717, 1.165) is 23.5 Å². The van der Waals surface area contributed by atoms with Crippen LogP contribution in [0.15, 0.2) is 28.1 Å². The van der Waals surface area contributed by atoms with Gasteiger partial charge in [0, 0.05) is 17.9 Å². The van der Waals surface area contributed by atoms with Gasteiger partial charge in [-0.3, -0.25) is 4.99 Å². The van der Waals surface area contributed by atoms with Crippen molar-refractivity contribution in [3.63, 3.8) is 0 Å². The molecule has 0 amide bonds. The van der Waals surface area contributed by atoms with Crippen LogP contribution in [0.3, 0.4) is 0 Å². The number of methoxy groups -OCH3 is 1. The molecule has 0 radical (unpaired) electrons. The van der Waals surface area contributed by atoms with Crippen LogP contribution in [0.2, 0.25) is 0 Å². The minimum atomic E-state index is -0.543. The van der Waals surface area contributed by atoms with Crippen molar-refractivity contribution in [2.45, 2.75) is 23.9 Å². The largest absolute Gasteiger partial charge is 0.367 e. The standard InChI is InChI=1S/C13H18N2O3S/c1-16-13(9-4-3-7-17-18-8-9)6-2-5-10-11(13)15-12(14)19-10/h2,5-6,9,12H,3-4,7-8,14H2,1H3. The molecule has 6 heteroatoms. The summed E-state index contributed by atoms with van der Waals surface area (Å²) in [5, 5.41) is 0. The Balaban J connectivity index is 1.95.